The van der Waals surface area contributed by atoms with Crippen LogP contribution in [0.15, 0.2) is 94.1 Å². The van der Waals surface area contributed by atoms with Crippen LogP contribution in [0.2, 0.25) is 0 Å². The molecule has 0 fully saturated rings. The molecule has 1 heterocycles. The van der Waals surface area contributed by atoms with Gasteiger partial charge in [-0.1, -0.05) is 66.7 Å². The van der Waals surface area contributed by atoms with E-state index in [0.29, 0.717) is 16.7 Å². The van der Waals surface area contributed by atoms with Crippen LogP contribution in [0.4, 0.5) is 0 Å². The number of para-hydroxylation sites is 1. The summed E-state index contributed by atoms with van der Waals surface area (Å²) in [4.78, 5) is 12.2. The van der Waals surface area contributed by atoms with Gasteiger partial charge in [-0.05, 0) is 23.3 Å². The molecule has 0 saturated carbocycles. The topological polar surface area (TPSA) is 42.2 Å². The lowest BCUT2D eigenvalue weighted by Gasteiger charge is -2.07. The Hall–Kier alpha value is -3.17. The predicted octanol–water partition coefficient (Wildman–Crippen LogP) is 4.75. The fraction of sp³-hybridized carbons (Fsp3) is 0.0870. The molecule has 3 heteroatoms. The molecule has 0 aliphatic heterocycles. The first-order valence-corrected chi connectivity index (χ1v) is 8.66. The van der Waals surface area contributed by atoms with Crippen LogP contribution in [0.25, 0.3) is 22.3 Å². The molecule has 0 radical (unpaired) electrons. The van der Waals surface area contributed by atoms with Crippen LogP contribution in [0.3, 0.4) is 0 Å². The minimum atomic E-state index is -0.0181. The molecule has 4 rings (SSSR count). The molecule has 26 heavy (non-hydrogen) atoms. The summed E-state index contributed by atoms with van der Waals surface area (Å²) in [5, 5.41) is 4.05. The van der Waals surface area contributed by atoms with E-state index in [4.69, 9.17) is 4.42 Å². The van der Waals surface area contributed by atoms with Crippen molar-refractivity contribution in [3.05, 3.63) is 106 Å². The van der Waals surface area contributed by atoms with Gasteiger partial charge in [-0.2, -0.15) is 0 Å². The number of hydrogen-bond acceptors (Lipinski definition) is 3. The van der Waals surface area contributed by atoms with E-state index in [-0.39, 0.29) is 5.43 Å². The van der Waals surface area contributed by atoms with Gasteiger partial charge in [0.15, 0.2) is 5.43 Å². The number of fused-ring (bicyclic) bond motifs is 1. The second-order valence-electron chi connectivity index (χ2n) is 6.26. The van der Waals surface area contributed by atoms with Crippen molar-refractivity contribution in [2.45, 2.75) is 13.1 Å². The summed E-state index contributed by atoms with van der Waals surface area (Å²) >= 11 is 0. The second kappa shape index (κ2) is 7.38. The summed E-state index contributed by atoms with van der Waals surface area (Å²) < 4.78 is 5.89. The van der Waals surface area contributed by atoms with Gasteiger partial charge in [0, 0.05) is 24.7 Å². The van der Waals surface area contributed by atoms with E-state index in [0.717, 1.165) is 18.7 Å². The van der Waals surface area contributed by atoms with Gasteiger partial charge in [0.2, 0.25) is 0 Å². The zero-order valence-corrected chi connectivity index (χ0v) is 14.3. The van der Waals surface area contributed by atoms with Gasteiger partial charge >= 0.3 is 0 Å². The third-order valence-corrected chi connectivity index (χ3v) is 4.37. The number of rotatable bonds is 5. The van der Waals surface area contributed by atoms with Gasteiger partial charge in [0.05, 0.1) is 5.39 Å². The van der Waals surface area contributed by atoms with Gasteiger partial charge in [-0.25, -0.2) is 0 Å². The van der Waals surface area contributed by atoms with E-state index in [1.165, 1.54) is 11.1 Å². The Morgan fingerprint density at radius 3 is 2.15 bits per heavy atom. The quantitative estimate of drug-likeness (QED) is 0.569. The number of hydrogen-bond donors (Lipinski definition) is 1. The molecular weight excluding hydrogens is 322 g/mol. The molecule has 3 nitrogen and oxygen atoms in total. The van der Waals surface area contributed by atoms with Gasteiger partial charge in [0.25, 0.3) is 0 Å². The Kier molecular flexibility index (Phi) is 4.63. The summed E-state index contributed by atoms with van der Waals surface area (Å²) in [5.74, 6) is 0.595. The van der Waals surface area contributed by atoms with Crippen LogP contribution in [-0.2, 0) is 13.1 Å². The monoisotopic (exact) mass is 341 g/mol. The lowest BCUT2D eigenvalue weighted by Crippen LogP contribution is -2.12. The maximum Gasteiger partial charge on any atom is 0.193 e. The molecule has 0 amide bonds. The minimum Gasteiger partial charge on any atom is -0.456 e. The second-order valence-corrected chi connectivity index (χ2v) is 6.26. The molecule has 1 aromatic heterocycles. The molecule has 0 atom stereocenters. The molecule has 0 aliphatic carbocycles. The lowest BCUT2D eigenvalue weighted by atomic mass is 10.1. The Bertz CT molecular complexity index is 1070. The first kappa shape index (κ1) is 16.3. The molecule has 1 N–H and O–H groups in total. The Balaban J connectivity index is 1.48. The van der Waals surface area contributed by atoms with Crippen LogP contribution < -0.4 is 10.7 Å². The molecule has 0 saturated heterocycles. The zero-order valence-electron chi connectivity index (χ0n) is 14.3. The predicted molar refractivity (Wildman–Crippen MR) is 105 cm³/mol. The fourth-order valence-electron chi connectivity index (χ4n) is 2.98. The smallest absolute Gasteiger partial charge is 0.193 e. The van der Waals surface area contributed by atoms with E-state index >= 15 is 0 Å². The SMILES string of the molecule is O=c1cc(-c2ccc(CNCc3ccccc3)cc2)oc2ccccc12. The minimum absolute atomic E-state index is 0.0181. The summed E-state index contributed by atoms with van der Waals surface area (Å²) in [6.45, 7) is 1.62. The molecule has 0 unspecified atom stereocenters. The van der Waals surface area contributed by atoms with E-state index in [2.05, 4.69) is 29.6 Å². The maximum atomic E-state index is 12.2. The molecule has 4 aromatic rings. The van der Waals surface area contributed by atoms with Crippen molar-refractivity contribution in [1.82, 2.24) is 5.32 Å². The molecule has 0 aliphatic rings. The van der Waals surface area contributed by atoms with Gasteiger partial charge < -0.3 is 9.73 Å². The van der Waals surface area contributed by atoms with Crippen LogP contribution >= 0.6 is 0 Å². The average molecular weight is 341 g/mol. The summed E-state index contributed by atoms with van der Waals surface area (Å²) in [6, 6.07) is 27.3. The summed E-state index contributed by atoms with van der Waals surface area (Å²) in [7, 11) is 0. The van der Waals surface area contributed by atoms with Crippen molar-refractivity contribution in [1.29, 1.82) is 0 Å². The van der Waals surface area contributed by atoms with E-state index in [1.807, 2.05) is 48.5 Å². The van der Waals surface area contributed by atoms with Crippen LogP contribution in [-0.4, -0.2) is 0 Å². The Labute approximate surface area is 151 Å². The lowest BCUT2D eigenvalue weighted by molar-refractivity contribution is 0.619. The Morgan fingerprint density at radius 1 is 0.731 bits per heavy atom. The maximum absolute atomic E-state index is 12.2. The van der Waals surface area contributed by atoms with Crippen molar-refractivity contribution >= 4 is 11.0 Å². The molecule has 0 bridgehead atoms. The molecule has 0 spiro atoms. The molecular formula is C23H19NO2. The largest absolute Gasteiger partial charge is 0.456 e. The third kappa shape index (κ3) is 3.58. The fourth-order valence-corrected chi connectivity index (χ4v) is 2.98. The highest BCUT2D eigenvalue weighted by Gasteiger charge is 2.06. The highest BCUT2D eigenvalue weighted by atomic mass is 16.3. The number of benzene rings is 3. The number of nitrogens with one attached hydrogen (secondary N) is 1. The summed E-state index contributed by atoms with van der Waals surface area (Å²) in [5.41, 5.74) is 3.95. The van der Waals surface area contributed by atoms with Crippen LogP contribution in [0, 0.1) is 0 Å². The first-order valence-electron chi connectivity index (χ1n) is 8.66. The van der Waals surface area contributed by atoms with E-state index in [1.54, 1.807) is 12.1 Å². The van der Waals surface area contributed by atoms with Crippen molar-refractivity contribution in [3.63, 3.8) is 0 Å². The normalized spacial score (nSPS) is 10.9. The third-order valence-electron chi connectivity index (χ3n) is 4.37. The van der Waals surface area contributed by atoms with Crippen LogP contribution in [0.1, 0.15) is 11.1 Å². The van der Waals surface area contributed by atoms with Crippen molar-refractivity contribution in [2.75, 3.05) is 0 Å². The standard InChI is InChI=1S/C23H19NO2/c25-21-14-23(26-22-9-5-4-8-20(21)22)19-12-10-18(11-13-19)16-24-15-17-6-2-1-3-7-17/h1-14,24H,15-16H2. The van der Waals surface area contributed by atoms with Gasteiger partial charge in [0.1, 0.15) is 11.3 Å². The van der Waals surface area contributed by atoms with Gasteiger partial charge in [-0.3, -0.25) is 4.79 Å². The van der Waals surface area contributed by atoms with Crippen molar-refractivity contribution in [2.24, 2.45) is 0 Å². The van der Waals surface area contributed by atoms with Gasteiger partial charge in [-0.15, -0.1) is 0 Å². The van der Waals surface area contributed by atoms with E-state index < -0.39 is 0 Å². The highest BCUT2D eigenvalue weighted by molar-refractivity contribution is 5.78. The van der Waals surface area contributed by atoms with Crippen molar-refractivity contribution < 1.29 is 4.42 Å². The molecule has 3 aromatic carbocycles. The summed E-state index contributed by atoms with van der Waals surface area (Å²) in [6.07, 6.45) is 0. The zero-order chi connectivity index (χ0) is 17.8. The Morgan fingerprint density at radius 2 is 1.38 bits per heavy atom. The first-order chi connectivity index (χ1) is 12.8. The highest BCUT2D eigenvalue weighted by Crippen LogP contribution is 2.22. The van der Waals surface area contributed by atoms with Crippen LogP contribution in [0.5, 0.6) is 0 Å². The van der Waals surface area contributed by atoms with E-state index in [9.17, 15) is 4.79 Å². The molecule has 128 valence electrons. The average Bonchev–Trinajstić information content (AvgIpc) is 2.69. The van der Waals surface area contributed by atoms with Crippen molar-refractivity contribution in [3.8, 4) is 11.3 Å².